The van der Waals surface area contributed by atoms with Crippen LogP contribution in [0.2, 0.25) is 0 Å². The summed E-state index contributed by atoms with van der Waals surface area (Å²) in [6.07, 6.45) is 7.23. The van der Waals surface area contributed by atoms with Crippen LogP contribution in [0, 0.1) is 13.8 Å². The minimum absolute atomic E-state index is 0.388. The lowest BCUT2D eigenvalue weighted by atomic mass is 9.97. The second-order valence-corrected chi connectivity index (χ2v) is 7.28. The van der Waals surface area contributed by atoms with Crippen LogP contribution in [0.15, 0.2) is 48.9 Å². The summed E-state index contributed by atoms with van der Waals surface area (Å²) in [4.78, 5) is 25.2. The van der Waals surface area contributed by atoms with E-state index in [2.05, 4.69) is 56.0 Å². The van der Waals surface area contributed by atoms with Crippen molar-refractivity contribution in [2.45, 2.75) is 46.6 Å². The van der Waals surface area contributed by atoms with Crippen molar-refractivity contribution in [3.8, 4) is 11.3 Å². The molecule has 3 aromatic rings. The summed E-state index contributed by atoms with van der Waals surface area (Å²) >= 11 is 0. The van der Waals surface area contributed by atoms with Crippen molar-refractivity contribution in [2.75, 3.05) is 17.2 Å². The van der Waals surface area contributed by atoms with E-state index in [1.165, 1.54) is 30.2 Å². The highest BCUT2D eigenvalue weighted by Gasteiger charge is 2.18. The fourth-order valence-corrected chi connectivity index (χ4v) is 3.56. The highest BCUT2D eigenvalue weighted by atomic mass is 16.2. The Bertz CT molecular complexity index is 1010. The summed E-state index contributed by atoms with van der Waals surface area (Å²) in [5.41, 5.74) is 5.76. The van der Waals surface area contributed by atoms with Gasteiger partial charge in [-0.3, -0.25) is 15.3 Å². The molecule has 2 aromatic heterocycles. The smallest absolute Gasteiger partial charge is 0.310 e. The Morgan fingerprint density at radius 3 is 2.58 bits per heavy atom. The zero-order valence-electron chi connectivity index (χ0n) is 18.6. The summed E-state index contributed by atoms with van der Waals surface area (Å²) in [6, 6.07) is 10.0. The predicted molar refractivity (Wildman–Crippen MR) is 125 cm³/mol. The number of nitrogens with one attached hydrogen (secondary N) is 3. The molecule has 3 N–H and O–H groups in total. The van der Waals surface area contributed by atoms with Gasteiger partial charge in [0, 0.05) is 17.3 Å². The van der Waals surface area contributed by atoms with Gasteiger partial charge in [0.15, 0.2) is 5.82 Å². The standard InChI is InChI=1S/C22H24N6O.C2H6/c1-14-10-16(6-8-18(14)19-4-3-9-24-19)20-12-23-13-21(27-20)28-22(29)26-17-7-5-15(2)25-11-17;1-2/h5-8,10-13,19,24H,3-4,9H2,1-2H3,(H2,26,27,28,29);1-2H3. The zero-order valence-corrected chi connectivity index (χ0v) is 18.6. The molecule has 0 spiro atoms. The first-order valence-electron chi connectivity index (χ1n) is 10.8. The normalized spacial score (nSPS) is 15.0. The monoisotopic (exact) mass is 418 g/mol. The van der Waals surface area contributed by atoms with Crippen LogP contribution in [0.5, 0.6) is 0 Å². The van der Waals surface area contributed by atoms with Gasteiger partial charge in [-0.25, -0.2) is 9.78 Å². The molecule has 1 atom stereocenters. The average molecular weight is 419 g/mol. The van der Waals surface area contributed by atoms with E-state index in [1.54, 1.807) is 18.5 Å². The first-order chi connectivity index (χ1) is 15.1. The van der Waals surface area contributed by atoms with Gasteiger partial charge in [0.25, 0.3) is 0 Å². The van der Waals surface area contributed by atoms with Crippen LogP contribution in [0.3, 0.4) is 0 Å². The van der Waals surface area contributed by atoms with Crippen LogP contribution >= 0.6 is 0 Å². The third kappa shape index (κ3) is 5.86. The average Bonchev–Trinajstić information content (AvgIpc) is 3.31. The Morgan fingerprint density at radius 1 is 1.06 bits per heavy atom. The lowest BCUT2D eigenvalue weighted by molar-refractivity contribution is 0.262. The van der Waals surface area contributed by atoms with Crippen molar-refractivity contribution in [1.82, 2.24) is 20.3 Å². The van der Waals surface area contributed by atoms with Gasteiger partial charge in [-0.1, -0.05) is 26.0 Å². The first-order valence-corrected chi connectivity index (χ1v) is 10.8. The maximum absolute atomic E-state index is 12.2. The fourth-order valence-electron chi connectivity index (χ4n) is 3.56. The van der Waals surface area contributed by atoms with Crippen molar-refractivity contribution in [1.29, 1.82) is 0 Å². The van der Waals surface area contributed by atoms with Gasteiger partial charge in [-0.2, -0.15) is 0 Å². The van der Waals surface area contributed by atoms with E-state index in [0.717, 1.165) is 17.8 Å². The molecule has 1 aromatic carbocycles. The van der Waals surface area contributed by atoms with E-state index in [9.17, 15) is 4.79 Å². The van der Waals surface area contributed by atoms with Gasteiger partial charge < -0.3 is 10.6 Å². The molecule has 0 bridgehead atoms. The number of benzene rings is 1. The Labute approximate surface area is 183 Å². The quantitative estimate of drug-likeness (QED) is 0.538. The molecule has 162 valence electrons. The number of hydrogen-bond acceptors (Lipinski definition) is 5. The number of carbonyl (C=O) groups is 1. The molecular formula is C24H30N6O. The topological polar surface area (TPSA) is 91.8 Å². The number of aryl methyl sites for hydroxylation is 2. The van der Waals surface area contributed by atoms with E-state index in [4.69, 9.17) is 0 Å². The molecule has 0 saturated carbocycles. The molecule has 1 saturated heterocycles. The minimum atomic E-state index is -0.388. The molecule has 31 heavy (non-hydrogen) atoms. The molecule has 0 aliphatic carbocycles. The first kappa shape index (κ1) is 22.4. The van der Waals surface area contributed by atoms with E-state index in [-0.39, 0.29) is 6.03 Å². The maximum Gasteiger partial charge on any atom is 0.324 e. The number of aromatic nitrogens is 3. The fraction of sp³-hybridized carbons (Fsp3) is 0.333. The Hall–Kier alpha value is -3.32. The molecule has 3 heterocycles. The summed E-state index contributed by atoms with van der Waals surface area (Å²) in [5, 5.41) is 9.00. The number of urea groups is 1. The largest absolute Gasteiger partial charge is 0.324 e. The molecular weight excluding hydrogens is 388 g/mol. The molecule has 1 aliphatic heterocycles. The third-order valence-electron chi connectivity index (χ3n) is 5.05. The SMILES string of the molecule is CC.Cc1ccc(NC(=O)Nc2cncc(-c3ccc(C4CCCN4)c(C)c3)n2)cn1. The Kier molecular flexibility index (Phi) is 7.67. The van der Waals surface area contributed by atoms with Gasteiger partial charge in [0.1, 0.15) is 0 Å². The van der Waals surface area contributed by atoms with Crippen LogP contribution in [-0.2, 0) is 0 Å². The van der Waals surface area contributed by atoms with E-state index in [1.807, 2.05) is 26.8 Å². The number of carbonyl (C=O) groups excluding carboxylic acids is 1. The van der Waals surface area contributed by atoms with Crippen molar-refractivity contribution in [3.05, 3.63) is 65.7 Å². The second-order valence-electron chi connectivity index (χ2n) is 7.28. The second kappa shape index (κ2) is 10.6. The maximum atomic E-state index is 12.2. The molecule has 1 fully saturated rings. The van der Waals surface area contributed by atoms with E-state index in [0.29, 0.717) is 23.2 Å². The van der Waals surface area contributed by atoms with Crippen LogP contribution in [-0.4, -0.2) is 27.5 Å². The molecule has 7 heteroatoms. The Balaban J connectivity index is 0.00000132. The van der Waals surface area contributed by atoms with Crippen LogP contribution in [0.1, 0.15) is 49.6 Å². The van der Waals surface area contributed by atoms with Crippen LogP contribution in [0.25, 0.3) is 11.3 Å². The lowest BCUT2D eigenvalue weighted by Crippen LogP contribution is -2.20. The van der Waals surface area contributed by atoms with Gasteiger partial charge in [-0.15, -0.1) is 0 Å². The Morgan fingerprint density at radius 2 is 1.90 bits per heavy atom. The number of rotatable bonds is 4. The highest BCUT2D eigenvalue weighted by molar-refractivity contribution is 5.99. The summed E-state index contributed by atoms with van der Waals surface area (Å²) in [5.74, 6) is 0.388. The molecule has 4 rings (SSSR count). The molecule has 7 nitrogen and oxygen atoms in total. The highest BCUT2D eigenvalue weighted by Crippen LogP contribution is 2.29. The van der Waals surface area contributed by atoms with Crippen LogP contribution in [0.4, 0.5) is 16.3 Å². The number of pyridine rings is 1. The summed E-state index contributed by atoms with van der Waals surface area (Å²) in [7, 11) is 0. The lowest BCUT2D eigenvalue weighted by Gasteiger charge is -2.15. The molecule has 1 aliphatic rings. The minimum Gasteiger partial charge on any atom is -0.310 e. The van der Waals surface area contributed by atoms with Crippen LogP contribution < -0.4 is 16.0 Å². The summed E-state index contributed by atoms with van der Waals surface area (Å²) < 4.78 is 0. The molecule has 2 amide bonds. The zero-order chi connectivity index (χ0) is 22.2. The molecule has 0 radical (unpaired) electrons. The third-order valence-corrected chi connectivity index (χ3v) is 5.05. The van der Waals surface area contributed by atoms with Crippen molar-refractivity contribution in [3.63, 3.8) is 0 Å². The van der Waals surface area contributed by atoms with Crippen molar-refractivity contribution >= 4 is 17.5 Å². The number of hydrogen-bond donors (Lipinski definition) is 3. The van der Waals surface area contributed by atoms with E-state index < -0.39 is 0 Å². The van der Waals surface area contributed by atoms with E-state index >= 15 is 0 Å². The van der Waals surface area contributed by atoms with Gasteiger partial charge in [0.2, 0.25) is 0 Å². The number of nitrogens with zero attached hydrogens (tertiary/aromatic N) is 3. The predicted octanol–water partition coefficient (Wildman–Crippen LogP) is 5.25. The van der Waals surface area contributed by atoms with Crippen molar-refractivity contribution < 1.29 is 4.79 Å². The number of amides is 2. The van der Waals surface area contributed by atoms with Gasteiger partial charge in [-0.05, 0) is 62.6 Å². The number of anilines is 2. The van der Waals surface area contributed by atoms with Gasteiger partial charge in [0.05, 0.1) is 30.0 Å². The summed E-state index contributed by atoms with van der Waals surface area (Å²) in [6.45, 7) is 9.09. The molecule has 1 unspecified atom stereocenters. The van der Waals surface area contributed by atoms with Crippen molar-refractivity contribution in [2.24, 2.45) is 0 Å². The van der Waals surface area contributed by atoms with Gasteiger partial charge >= 0.3 is 6.03 Å².